The Balaban J connectivity index is 2.68. The van der Waals surface area contributed by atoms with Crippen molar-refractivity contribution in [1.82, 2.24) is 0 Å². The Hall–Kier alpha value is -1.81. The van der Waals surface area contributed by atoms with Crippen molar-refractivity contribution in [2.24, 2.45) is 10.8 Å². The normalized spacial score (nSPS) is 15.0. The quantitative estimate of drug-likeness (QED) is 0.620. The summed E-state index contributed by atoms with van der Waals surface area (Å²) in [5.41, 5.74) is 3.39. The summed E-state index contributed by atoms with van der Waals surface area (Å²) in [5, 5.41) is 0. The molecule has 1 aromatic carbocycles. The van der Waals surface area contributed by atoms with Crippen LogP contribution in [0.25, 0.3) is 5.57 Å². The molecule has 1 aromatic rings. The number of benzene rings is 1. The van der Waals surface area contributed by atoms with Crippen molar-refractivity contribution in [2.45, 2.75) is 41.5 Å². The molecule has 0 aliphatic heterocycles. The molecule has 1 aliphatic carbocycles. The molecule has 1 heteroatoms. The Kier molecular flexibility index (Phi) is 3.38. The lowest BCUT2D eigenvalue weighted by atomic mass is 9.81. The first-order valence-electron chi connectivity index (χ1n) is 7.03. The second-order valence-corrected chi connectivity index (χ2v) is 7.37. The van der Waals surface area contributed by atoms with E-state index in [1.165, 1.54) is 0 Å². The Morgan fingerprint density at radius 2 is 1.45 bits per heavy atom. The minimum Gasteiger partial charge on any atom is -0.288 e. The number of allylic oxidation sites excluding steroid dienone is 2. The van der Waals surface area contributed by atoms with Gasteiger partial charge in [0.05, 0.1) is 5.57 Å². The van der Waals surface area contributed by atoms with E-state index in [2.05, 4.69) is 53.4 Å². The summed E-state index contributed by atoms with van der Waals surface area (Å²) >= 11 is 0. The molecule has 0 bridgehead atoms. The highest BCUT2D eigenvalue weighted by molar-refractivity contribution is 6.23. The van der Waals surface area contributed by atoms with Gasteiger partial charge >= 0.3 is 0 Å². The summed E-state index contributed by atoms with van der Waals surface area (Å²) in [6, 6.07) is 7.82. The predicted molar refractivity (Wildman–Crippen MR) is 84.4 cm³/mol. The maximum absolute atomic E-state index is 12.6. The van der Waals surface area contributed by atoms with Crippen LogP contribution in [0.5, 0.6) is 0 Å². The van der Waals surface area contributed by atoms with Crippen LogP contribution in [0.4, 0.5) is 0 Å². The summed E-state index contributed by atoms with van der Waals surface area (Å²) in [4.78, 5) is 12.6. The largest absolute Gasteiger partial charge is 0.288 e. The fourth-order valence-electron chi connectivity index (χ4n) is 2.43. The van der Waals surface area contributed by atoms with E-state index in [1.807, 2.05) is 24.3 Å². The van der Waals surface area contributed by atoms with E-state index in [4.69, 9.17) is 0 Å². The third-order valence-electron chi connectivity index (χ3n) is 3.23. The predicted octanol–water partition coefficient (Wildman–Crippen LogP) is 4.73. The molecule has 0 fully saturated rings. The molecule has 20 heavy (non-hydrogen) atoms. The molecule has 1 nitrogen and oxygen atoms in total. The number of rotatable bonds is 0. The van der Waals surface area contributed by atoms with Crippen molar-refractivity contribution < 1.29 is 4.79 Å². The van der Waals surface area contributed by atoms with Crippen LogP contribution in [0.1, 0.15) is 57.5 Å². The highest BCUT2D eigenvalue weighted by Gasteiger charge is 2.34. The molecule has 0 radical (unpaired) electrons. The number of carbonyl (C=O) groups is 1. The van der Waals surface area contributed by atoms with E-state index in [-0.39, 0.29) is 16.6 Å². The maximum atomic E-state index is 12.6. The molecule has 0 spiro atoms. The zero-order valence-electron chi connectivity index (χ0n) is 13.2. The van der Waals surface area contributed by atoms with Crippen molar-refractivity contribution in [3.8, 4) is 11.8 Å². The zero-order chi connectivity index (χ0) is 15.1. The zero-order valence-corrected chi connectivity index (χ0v) is 13.2. The highest BCUT2D eigenvalue weighted by Crippen LogP contribution is 2.43. The van der Waals surface area contributed by atoms with Crippen LogP contribution in [0.15, 0.2) is 29.8 Å². The summed E-state index contributed by atoms with van der Waals surface area (Å²) in [6.45, 7) is 12.6. The van der Waals surface area contributed by atoms with Gasteiger partial charge in [-0.2, -0.15) is 0 Å². The van der Waals surface area contributed by atoms with E-state index in [9.17, 15) is 4.79 Å². The number of carbonyl (C=O) groups excluding carboxylic acids is 1. The second-order valence-electron chi connectivity index (χ2n) is 7.37. The maximum Gasteiger partial charge on any atom is 0.202 e. The van der Waals surface area contributed by atoms with E-state index >= 15 is 0 Å². The van der Waals surface area contributed by atoms with E-state index in [1.54, 1.807) is 0 Å². The first kappa shape index (κ1) is 14.6. The molecular formula is C19H22O. The van der Waals surface area contributed by atoms with Crippen LogP contribution < -0.4 is 0 Å². The van der Waals surface area contributed by atoms with Gasteiger partial charge in [0.2, 0.25) is 5.78 Å². The average Bonchev–Trinajstić information content (AvgIpc) is 2.59. The number of hydrogen-bond acceptors (Lipinski definition) is 1. The molecule has 1 aliphatic rings. The van der Waals surface area contributed by atoms with Gasteiger partial charge in [-0.25, -0.2) is 0 Å². The van der Waals surface area contributed by atoms with E-state index < -0.39 is 0 Å². The van der Waals surface area contributed by atoms with Gasteiger partial charge in [-0.05, 0) is 37.3 Å². The topological polar surface area (TPSA) is 17.1 Å². The van der Waals surface area contributed by atoms with Crippen LogP contribution in [0, 0.1) is 22.7 Å². The number of hydrogen-bond donors (Lipinski definition) is 0. The van der Waals surface area contributed by atoms with Crippen molar-refractivity contribution in [3.63, 3.8) is 0 Å². The van der Waals surface area contributed by atoms with Gasteiger partial charge in [0.25, 0.3) is 0 Å². The molecule has 0 saturated carbocycles. The third-order valence-corrected chi connectivity index (χ3v) is 3.23. The monoisotopic (exact) mass is 266 g/mol. The first-order chi connectivity index (χ1) is 9.11. The van der Waals surface area contributed by atoms with Crippen LogP contribution in [-0.2, 0) is 0 Å². The van der Waals surface area contributed by atoms with Crippen molar-refractivity contribution in [2.75, 3.05) is 0 Å². The van der Waals surface area contributed by atoms with Gasteiger partial charge in [0.15, 0.2) is 0 Å². The minimum absolute atomic E-state index is 0.0716. The Morgan fingerprint density at radius 1 is 0.900 bits per heavy atom. The Bertz CT molecular complexity index is 649. The first-order valence-corrected chi connectivity index (χ1v) is 7.03. The number of Topliss-reactive ketones (excluding diaryl/α,β-unsaturated/α-hetero) is 1. The summed E-state index contributed by atoms with van der Waals surface area (Å²) in [6.07, 6.45) is 0. The lowest BCUT2D eigenvalue weighted by Crippen LogP contribution is -2.09. The molecule has 0 N–H and O–H groups in total. The van der Waals surface area contributed by atoms with Gasteiger partial charge in [-0.3, -0.25) is 4.79 Å². The number of fused-ring (bicyclic) bond motifs is 1. The van der Waals surface area contributed by atoms with Crippen molar-refractivity contribution >= 4 is 11.4 Å². The van der Waals surface area contributed by atoms with Gasteiger partial charge < -0.3 is 0 Å². The lowest BCUT2D eigenvalue weighted by molar-refractivity contribution is 0.104. The molecule has 0 unspecified atom stereocenters. The fraction of sp³-hybridized carbons (Fsp3) is 0.421. The van der Waals surface area contributed by atoms with Gasteiger partial charge in [0, 0.05) is 11.0 Å². The van der Waals surface area contributed by atoms with Gasteiger partial charge in [-0.1, -0.05) is 56.9 Å². The summed E-state index contributed by atoms with van der Waals surface area (Å²) < 4.78 is 0. The molecule has 104 valence electrons. The van der Waals surface area contributed by atoms with Crippen molar-refractivity contribution in [1.29, 1.82) is 0 Å². The van der Waals surface area contributed by atoms with Gasteiger partial charge in [0.1, 0.15) is 0 Å². The molecule has 0 heterocycles. The molecule has 0 saturated heterocycles. The third kappa shape index (κ3) is 2.70. The number of ketones is 1. The van der Waals surface area contributed by atoms with Crippen molar-refractivity contribution in [3.05, 3.63) is 41.0 Å². The summed E-state index contributed by atoms with van der Waals surface area (Å²) in [7, 11) is 0. The van der Waals surface area contributed by atoms with Gasteiger partial charge in [-0.15, -0.1) is 0 Å². The molecular weight excluding hydrogens is 244 g/mol. The smallest absolute Gasteiger partial charge is 0.202 e. The SMILES string of the molecule is CC(C)(C)C#CC1=C(C(C)(C)C)c2ccccc2C1=O. The minimum atomic E-state index is -0.106. The van der Waals surface area contributed by atoms with E-state index in [0.717, 1.165) is 16.7 Å². The standard InChI is InChI=1S/C19H22O/c1-18(2,3)12-11-15-16(19(4,5)6)13-9-7-8-10-14(13)17(15)20/h7-10H,1-6H3. The van der Waals surface area contributed by atoms with Crippen LogP contribution in [0.3, 0.4) is 0 Å². The molecule has 0 aromatic heterocycles. The second kappa shape index (κ2) is 4.63. The Labute approximate surface area is 122 Å². The molecule has 2 rings (SSSR count). The van der Waals surface area contributed by atoms with Crippen LogP contribution in [-0.4, -0.2) is 5.78 Å². The average molecular weight is 266 g/mol. The summed E-state index contributed by atoms with van der Waals surface area (Å²) in [5.74, 6) is 6.43. The molecule has 0 atom stereocenters. The lowest BCUT2D eigenvalue weighted by Gasteiger charge is -2.22. The van der Waals surface area contributed by atoms with E-state index in [0.29, 0.717) is 5.57 Å². The van der Waals surface area contributed by atoms with Crippen LogP contribution in [0.2, 0.25) is 0 Å². The molecule has 0 amide bonds. The van der Waals surface area contributed by atoms with Crippen LogP contribution >= 0.6 is 0 Å². The highest BCUT2D eigenvalue weighted by atomic mass is 16.1. The Morgan fingerprint density at radius 3 is 1.95 bits per heavy atom. The fourth-order valence-corrected chi connectivity index (χ4v) is 2.43.